The van der Waals surface area contributed by atoms with Gasteiger partial charge in [-0.05, 0) is 145 Å². The van der Waals surface area contributed by atoms with E-state index in [-0.39, 0.29) is 35.9 Å². The van der Waals surface area contributed by atoms with Crippen LogP contribution in [0.1, 0.15) is 112 Å². The number of aryl methyl sites for hydroxylation is 1. The molecule has 3 fully saturated rings. The van der Waals surface area contributed by atoms with Gasteiger partial charge in [0.25, 0.3) is 5.56 Å². The Morgan fingerprint density at radius 1 is 0.966 bits per heavy atom. The van der Waals surface area contributed by atoms with E-state index in [4.69, 9.17) is 11.6 Å². The summed E-state index contributed by atoms with van der Waals surface area (Å²) in [4.78, 5) is 55.1. The normalized spacial score (nSPS) is 22.6. The fourth-order valence-corrected chi connectivity index (χ4v) is 11.5. The smallest absolute Gasteiger partial charge is 0.282 e. The maximum absolute atomic E-state index is 13.7. The average molecular weight is 833 g/mol. The molecular weight excluding hydrogens is 778 g/mol. The molecule has 5 heterocycles. The molecule has 5 aromatic rings. The van der Waals surface area contributed by atoms with E-state index in [1.807, 2.05) is 43.7 Å². The predicted molar refractivity (Wildman–Crippen MR) is 236 cm³/mol. The number of carbonyl (C=O) groups excluding carboxylic acids is 2. The van der Waals surface area contributed by atoms with Gasteiger partial charge in [0.05, 0.1) is 61.6 Å². The molecule has 308 valence electrons. The second-order valence-electron chi connectivity index (χ2n) is 17.8. The van der Waals surface area contributed by atoms with Crippen molar-refractivity contribution in [3.63, 3.8) is 0 Å². The molecule has 2 unspecified atom stereocenters. The zero-order valence-electron chi connectivity index (χ0n) is 34.5. The SMILES string of the molecule is Cc1ncsc1-c1ccc(C(CC(=O)NC2CCC(N3CCC(c4ccc5c(c4)-n4c(nc(=O)c6c(Cl)cccc64)C5(C)C)CC3)CC2)NC(=O)C2CCCN2C)cc1. The lowest BCUT2D eigenvalue weighted by Crippen LogP contribution is -2.47. The second kappa shape index (κ2) is 16.2. The van der Waals surface area contributed by atoms with E-state index in [2.05, 4.69) is 79.1 Å². The van der Waals surface area contributed by atoms with Crippen LogP contribution in [0.3, 0.4) is 0 Å². The molecule has 0 bridgehead atoms. The number of rotatable bonds is 9. The van der Waals surface area contributed by atoms with Crippen LogP contribution in [0.4, 0.5) is 0 Å². The van der Waals surface area contributed by atoms with Crippen LogP contribution in [0.15, 0.2) is 71.0 Å². The molecule has 3 aromatic carbocycles. The van der Waals surface area contributed by atoms with Crippen molar-refractivity contribution in [2.24, 2.45) is 0 Å². The number of carbonyl (C=O) groups is 2. The lowest BCUT2D eigenvalue weighted by molar-refractivity contribution is -0.126. The van der Waals surface area contributed by atoms with Crippen LogP contribution in [0.5, 0.6) is 0 Å². The monoisotopic (exact) mass is 831 g/mol. The summed E-state index contributed by atoms with van der Waals surface area (Å²) < 4.78 is 2.15. The van der Waals surface area contributed by atoms with Crippen LogP contribution in [-0.4, -0.2) is 81.0 Å². The summed E-state index contributed by atoms with van der Waals surface area (Å²) in [5, 5.41) is 7.52. The fourth-order valence-electron chi connectivity index (χ4n) is 10.4. The molecule has 0 spiro atoms. The topological polar surface area (TPSA) is 112 Å². The fraction of sp³-hybridized carbons (Fsp3) is 0.468. The molecule has 12 heteroatoms. The number of benzene rings is 3. The minimum Gasteiger partial charge on any atom is -0.353 e. The molecule has 2 N–H and O–H groups in total. The van der Waals surface area contributed by atoms with Crippen LogP contribution in [0.2, 0.25) is 5.02 Å². The van der Waals surface area contributed by atoms with Gasteiger partial charge in [-0.15, -0.1) is 11.3 Å². The van der Waals surface area contributed by atoms with Gasteiger partial charge < -0.3 is 15.5 Å². The Labute approximate surface area is 355 Å². The summed E-state index contributed by atoms with van der Waals surface area (Å²) in [6, 6.07) is 20.8. The van der Waals surface area contributed by atoms with Crippen molar-refractivity contribution in [3.8, 4) is 16.1 Å². The minimum absolute atomic E-state index is 0.00556. The largest absolute Gasteiger partial charge is 0.353 e. The molecule has 2 amide bonds. The van der Waals surface area contributed by atoms with Gasteiger partial charge in [-0.2, -0.15) is 4.98 Å². The highest BCUT2D eigenvalue weighted by Crippen LogP contribution is 2.45. The number of likely N-dealkylation sites (tertiary alicyclic amines) is 2. The Balaban J connectivity index is 0.811. The number of thiazole rings is 1. The van der Waals surface area contributed by atoms with Gasteiger partial charge >= 0.3 is 0 Å². The standard InChI is InChI=1S/C47H54ClN7O3S/c1-28-43(59-27-49-28)31-12-10-30(11-13-31)37(51-44(57)39-9-6-22-53(39)4)26-41(56)50-33-15-17-34(18-16-33)54-23-20-29(21-24-54)32-14-19-35-40(25-32)55-38-8-5-7-36(48)42(38)45(58)52-46(55)47(35,2)3/h5,7-8,10-14,19,25,27,29,33-34,37,39H,6,9,15-18,20-24,26H2,1-4H3,(H,50,56)(H,51,57). The highest BCUT2D eigenvalue weighted by molar-refractivity contribution is 7.13. The van der Waals surface area contributed by atoms with Crippen LogP contribution in [0, 0.1) is 6.92 Å². The third-order valence-corrected chi connectivity index (χ3v) is 15.1. The predicted octanol–water partition coefficient (Wildman–Crippen LogP) is 8.06. The van der Waals surface area contributed by atoms with Crippen molar-refractivity contribution in [1.29, 1.82) is 0 Å². The van der Waals surface area contributed by atoms with Crippen molar-refractivity contribution in [1.82, 2.24) is 35.0 Å². The maximum Gasteiger partial charge on any atom is 0.282 e. The summed E-state index contributed by atoms with van der Waals surface area (Å²) in [5.74, 6) is 1.20. The number of halogens is 1. The van der Waals surface area contributed by atoms with Crippen molar-refractivity contribution in [2.75, 3.05) is 26.7 Å². The van der Waals surface area contributed by atoms with E-state index in [1.165, 1.54) is 11.1 Å². The van der Waals surface area contributed by atoms with Crippen LogP contribution in [-0.2, 0) is 15.0 Å². The number of aromatic nitrogens is 3. The van der Waals surface area contributed by atoms with Gasteiger partial charge in [0.15, 0.2) is 0 Å². The number of fused-ring (bicyclic) bond motifs is 5. The zero-order valence-corrected chi connectivity index (χ0v) is 36.0. The lowest BCUT2D eigenvalue weighted by Gasteiger charge is -2.41. The Kier molecular flexibility index (Phi) is 11.0. The van der Waals surface area contributed by atoms with Crippen molar-refractivity contribution in [2.45, 2.75) is 114 Å². The molecule has 2 aromatic heterocycles. The van der Waals surface area contributed by atoms with Crippen LogP contribution >= 0.6 is 22.9 Å². The molecule has 2 saturated heterocycles. The van der Waals surface area contributed by atoms with E-state index in [9.17, 15) is 14.4 Å². The Hall–Kier alpha value is -4.42. The van der Waals surface area contributed by atoms with E-state index in [0.717, 1.165) is 110 Å². The van der Waals surface area contributed by atoms with Gasteiger partial charge in [0.1, 0.15) is 5.82 Å². The first-order chi connectivity index (χ1) is 28.5. The number of nitrogens with zero attached hydrogens (tertiary/aromatic N) is 5. The molecular formula is C47H54ClN7O3S. The molecule has 4 aliphatic rings. The number of piperidine rings is 1. The zero-order chi connectivity index (χ0) is 41.0. The Morgan fingerprint density at radius 2 is 1.73 bits per heavy atom. The van der Waals surface area contributed by atoms with E-state index < -0.39 is 11.5 Å². The first-order valence-electron chi connectivity index (χ1n) is 21.4. The molecule has 1 saturated carbocycles. The lowest BCUT2D eigenvalue weighted by atomic mass is 9.82. The summed E-state index contributed by atoms with van der Waals surface area (Å²) >= 11 is 8.15. The van der Waals surface area contributed by atoms with Crippen molar-refractivity contribution in [3.05, 3.63) is 110 Å². The number of hydrogen-bond acceptors (Lipinski definition) is 8. The van der Waals surface area contributed by atoms with Crippen LogP contribution in [0.25, 0.3) is 27.0 Å². The number of hydrogen-bond donors (Lipinski definition) is 2. The van der Waals surface area contributed by atoms with Gasteiger partial charge in [0.2, 0.25) is 11.8 Å². The molecule has 10 nitrogen and oxygen atoms in total. The first kappa shape index (κ1) is 40.0. The quantitative estimate of drug-likeness (QED) is 0.155. The molecule has 59 heavy (non-hydrogen) atoms. The molecule has 1 aliphatic carbocycles. The molecule has 2 atom stereocenters. The van der Waals surface area contributed by atoms with Gasteiger partial charge in [-0.3, -0.25) is 23.9 Å². The van der Waals surface area contributed by atoms with Gasteiger partial charge in [-0.25, -0.2) is 4.98 Å². The van der Waals surface area contributed by atoms with E-state index >= 15 is 0 Å². The number of nitrogens with one attached hydrogen (secondary N) is 2. The Bertz CT molecular complexity index is 2450. The highest BCUT2D eigenvalue weighted by Gasteiger charge is 2.40. The van der Waals surface area contributed by atoms with Crippen molar-refractivity contribution >= 4 is 45.7 Å². The third kappa shape index (κ3) is 7.64. The summed E-state index contributed by atoms with van der Waals surface area (Å²) in [6.07, 6.45) is 8.27. The third-order valence-electron chi connectivity index (χ3n) is 13.8. The van der Waals surface area contributed by atoms with Crippen molar-refractivity contribution < 1.29 is 9.59 Å². The Morgan fingerprint density at radius 3 is 2.42 bits per heavy atom. The number of likely N-dealkylation sites (N-methyl/N-ethyl adjacent to an activating group) is 1. The highest BCUT2D eigenvalue weighted by atomic mass is 35.5. The first-order valence-corrected chi connectivity index (χ1v) is 22.6. The molecule has 3 aliphatic heterocycles. The number of amides is 2. The van der Waals surface area contributed by atoms with Gasteiger partial charge in [-0.1, -0.05) is 54.1 Å². The molecule has 0 radical (unpaired) electrons. The summed E-state index contributed by atoms with van der Waals surface area (Å²) in [6.45, 7) is 9.32. The van der Waals surface area contributed by atoms with Gasteiger partial charge in [0, 0.05) is 12.1 Å². The second-order valence-corrected chi connectivity index (χ2v) is 19.0. The summed E-state index contributed by atoms with van der Waals surface area (Å²) in [7, 11) is 2.00. The average Bonchev–Trinajstić information content (AvgIpc) is 3.93. The molecule has 9 rings (SSSR count). The van der Waals surface area contributed by atoms with E-state index in [1.54, 1.807) is 17.4 Å². The minimum atomic E-state index is -0.406. The van der Waals surface area contributed by atoms with Crippen LogP contribution < -0.4 is 16.2 Å². The summed E-state index contributed by atoms with van der Waals surface area (Å²) in [5.41, 5.74) is 8.64. The van der Waals surface area contributed by atoms with E-state index in [0.29, 0.717) is 22.4 Å². The maximum atomic E-state index is 13.7.